The SMILES string of the molecule is CC(C)(C)c1cn2nc(N3CCC(O)(c4ccccc4Cl)CC3)sc2n1. The van der Waals surface area contributed by atoms with E-state index in [2.05, 4.69) is 25.7 Å². The Morgan fingerprint density at radius 3 is 2.50 bits per heavy atom. The van der Waals surface area contributed by atoms with E-state index in [1.807, 2.05) is 35.0 Å². The fourth-order valence-electron chi connectivity index (χ4n) is 3.35. The normalized spacial score (nSPS) is 17.8. The van der Waals surface area contributed by atoms with Crippen molar-refractivity contribution in [2.45, 2.75) is 44.6 Å². The summed E-state index contributed by atoms with van der Waals surface area (Å²) in [4.78, 5) is 7.85. The van der Waals surface area contributed by atoms with Crippen LogP contribution in [-0.2, 0) is 11.0 Å². The molecular weight excluding hydrogens is 368 g/mol. The Hall–Kier alpha value is -1.63. The molecule has 0 spiro atoms. The van der Waals surface area contributed by atoms with Crippen LogP contribution in [0, 0.1) is 0 Å². The molecule has 0 aliphatic carbocycles. The Morgan fingerprint density at radius 2 is 1.88 bits per heavy atom. The molecule has 1 aromatic carbocycles. The number of aromatic nitrogens is 3. The van der Waals surface area contributed by atoms with E-state index in [1.165, 1.54) is 0 Å². The number of aliphatic hydroxyl groups is 1. The molecule has 2 aromatic heterocycles. The van der Waals surface area contributed by atoms with Gasteiger partial charge in [-0.05, 0) is 18.9 Å². The zero-order valence-electron chi connectivity index (χ0n) is 15.2. The summed E-state index contributed by atoms with van der Waals surface area (Å²) in [7, 11) is 0. The van der Waals surface area contributed by atoms with Gasteiger partial charge in [0.15, 0.2) is 0 Å². The Kier molecular flexibility index (Phi) is 4.25. The lowest BCUT2D eigenvalue weighted by molar-refractivity contribution is 0.0118. The lowest BCUT2D eigenvalue weighted by atomic mass is 9.84. The molecule has 0 unspecified atom stereocenters. The van der Waals surface area contributed by atoms with Crippen molar-refractivity contribution in [2.75, 3.05) is 18.0 Å². The minimum atomic E-state index is -0.869. The third-order valence-electron chi connectivity index (χ3n) is 5.04. The summed E-state index contributed by atoms with van der Waals surface area (Å²) in [6, 6.07) is 7.57. The molecule has 138 valence electrons. The predicted octanol–water partition coefficient (Wildman–Crippen LogP) is 4.23. The van der Waals surface area contributed by atoms with E-state index in [0.717, 1.165) is 34.4 Å². The minimum Gasteiger partial charge on any atom is -0.385 e. The van der Waals surface area contributed by atoms with E-state index in [0.29, 0.717) is 17.9 Å². The van der Waals surface area contributed by atoms with Gasteiger partial charge in [0.25, 0.3) is 0 Å². The molecule has 1 aliphatic heterocycles. The van der Waals surface area contributed by atoms with Gasteiger partial charge in [0.2, 0.25) is 10.1 Å². The van der Waals surface area contributed by atoms with Crippen molar-refractivity contribution in [3.8, 4) is 0 Å². The van der Waals surface area contributed by atoms with Gasteiger partial charge >= 0.3 is 0 Å². The van der Waals surface area contributed by atoms with Crippen LogP contribution in [0.3, 0.4) is 0 Å². The average molecular weight is 391 g/mol. The summed E-state index contributed by atoms with van der Waals surface area (Å²) in [6.45, 7) is 7.94. The highest BCUT2D eigenvalue weighted by Crippen LogP contribution is 2.38. The first-order chi connectivity index (χ1) is 12.3. The molecule has 26 heavy (non-hydrogen) atoms. The van der Waals surface area contributed by atoms with E-state index in [9.17, 15) is 5.11 Å². The Labute approximate surface area is 162 Å². The maximum Gasteiger partial charge on any atom is 0.214 e. The number of hydrogen-bond acceptors (Lipinski definition) is 5. The quantitative estimate of drug-likeness (QED) is 0.711. The maximum absolute atomic E-state index is 11.1. The fourth-order valence-corrected chi connectivity index (χ4v) is 4.60. The van der Waals surface area contributed by atoms with E-state index in [1.54, 1.807) is 11.3 Å². The largest absolute Gasteiger partial charge is 0.385 e. The van der Waals surface area contributed by atoms with Crippen LogP contribution in [0.1, 0.15) is 44.9 Å². The summed E-state index contributed by atoms with van der Waals surface area (Å²) < 4.78 is 1.87. The third-order valence-corrected chi connectivity index (χ3v) is 6.35. The molecule has 1 saturated heterocycles. The molecule has 5 nitrogen and oxygen atoms in total. The first kappa shape index (κ1) is 17.8. The van der Waals surface area contributed by atoms with Crippen molar-refractivity contribution in [3.05, 3.63) is 46.7 Å². The predicted molar refractivity (Wildman–Crippen MR) is 106 cm³/mol. The van der Waals surface area contributed by atoms with Crippen LogP contribution in [0.2, 0.25) is 5.02 Å². The van der Waals surface area contributed by atoms with Crippen molar-refractivity contribution in [1.82, 2.24) is 14.6 Å². The monoisotopic (exact) mass is 390 g/mol. The highest BCUT2D eigenvalue weighted by atomic mass is 35.5. The van der Waals surface area contributed by atoms with Crippen LogP contribution < -0.4 is 4.90 Å². The van der Waals surface area contributed by atoms with Crippen molar-refractivity contribution < 1.29 is 5.11 Å². The van der Waals surface area contributed by atoms with Gasteiger partial charge in [-0.25, -0.2) is 9.50 Å². The van der Waals surface area contributed by atoms with E-state index < -0.39 is 5.60 Å². The van der Waals surface area contributed by atoms with Crippen molar-refractivity contribution in [3.63, 3.8) is 0 Å². The number of anilines is 1. The highest BCUT2D eigenvalue weighted by molar-refractivity contribution is 7.20. The molecular formula is C19H23ClN4OS. The number of rotatable bonds is 2. The molecule has 0 amide bonds. The maximum atomic E-state index is 11.1. The van der Waals surface area contributed by atoms with Crippen molar-refractivity contribution >= 4 is 33.0 Å². The Balaban J connectivity index is 1.52. The van der Waals surface area contributed by atoms with Crippen molar-refractivity contribution in [1.29, 1.82) is 0 Å². The molecule has 1 aliphatic rings. The first-order valence-electron chi connectivity index (χ1n) is 8.85. The Bertz CT molecular complexity index is 903. The molecule has 7 heteroatoms. The van der Waals surface area contributed by atoms with Crippen LogP contribution in [-0.4, -0.2) is 32.8 Å². The molecule has 0 bridgehead atoms. The Morgan fingerprint density at radius 1 is 1.19 bits per heavy atom. The second-order valence-corrected chi connectivity index (χ2v) is 9.33. The summed E-state index contributed by atoms with van der Waals surface area (Å²) >= 11 is 7.89. The lowest BCUT2D eigenvalue weighted by Gasteiger charge is -2.38. The molecule has 3 heterocycles. The molecule has 1 N–H and O–H groups in total. The molecule has 0 atom stereocenters. The van der Waals surface area contributed by atoms with Crippen LogP contribution in [0.25, 0.3) is 4.96 Å². The van der Waals surface area contributed by atoms with Crippen LogP contribution in [0.15, 0.2) is 30.5 Å². The zero-order chi connectivity index (χ0) is 18.5. The highest BCUT2D eigenvalue weighted by Gasteiger charge is 2.36. The van der Waals surface area contributed by atoms with E-state index >= 15 is 0 Å². The van der Waals surface area contributed by atoms with Crippen LogP contribution in [0.5, 0.6) is 0 Å². The van der Waals surface area contributed by atoms with E-state index in [-0.39, 0.29) is 5.41 Å². The molecule has 0 radical (unpaired) electrons. The first-order valence-corrected chi connectivity index (χ1v) is 10.0. The van der Waals surface area contributed by atoms with Crippen LogP contribution in [0.4, 0.5) is 5.13 Å². The number of fused-ring (bicyclic) bond motifs is 1. The van der Waals surface area contributed by atoms with Crippen molar-refractivity contribution in [2.24, 2.45) is 0 Å². The number of benzene rings is 1. The summed E-state index contributed by atoms with van der Waals surface area (Å²) in [5, 5.41) is 17.4. The van der Waals surface area contributed by atoms with Gasteiger partial charge in [0, 0.05) is 29.1 Å². The van der Waals surface area contributed by atoms with Gasteiger partial charge < -0.3 is 10.0 Å². The second-order valence-electron chi connectivity index (χ2n) is 7.99. The van der Waals surface area contributed by atoms with Gasteiger partial charge in [0.1, 0.15) is 0 Å². The van der Waals surface area contributed by atoms with E-state index in [4.69, 9.17) is 21.7 Å². The van der Waals surface area contributed by atoms with Gasteiger partial charge in [-0.1, -0.05) is 61.9 Å². The zero-order valence-corrected chi connectivity index (χ0v) is 16.8. The minimum absolute atomic E-state index is 0.0180. The third kappa shape index (κ3) is 3.10. The summed E-state index contributed by atoms with van der Waals surface area (Å²) in [5.41, 5.74) is 1.02. The van der Waals surface area contributed by atoms with Gasteiger partial charge in [0.05, 0.1) is 17.5 Å². The number of imidazole rings is 1. The standard InChI is InChI=1S/C19H23ClN4OS/c1-18(2,3)15-12-24-16(21-15)26-17(22-24)23-10-8-19(25,9-11-23)13-6-4-5-7-14(13)20/h4-7,12,25H,8-11H2,1-3H3. The van der Waals surface area contributed by atoms with Gasteiger partial charge in [-0.3, -0.25) is 0 Å². The molecule has 0 saturated carbocycles. The smallest absolute Gasteiger partial charge is 0.214 e. The topological polar surface area (TPSA) is 53.7 Å². The number of hydrogen-bond donors (Lipinski definition) is 1. The molecule has 4 rings (SSSR count). The summed E-state index contributed by atoms with van der Waals surface area (Å²) in [5.74, 6) is 0. The fraction of sp³-hybridized carbons (Fsp3) is 0.474. The molecule has 3 aromatic rings. The number of halogens is 1. The summed E-state index contributed by atoms with van der Waals surface area (Å²) in [6.07, 6.45) is 3.27. The van der Waals surface area contributed by atoms with Crippen LogP contribution >= 0.6 is 22.9 Å². The lowest BCUT2D eigenvalue weighted by Crippen LogP contribution is -2.42. The van der Waals surface area contributed by atoms with Gasteiger partial charge in [-0.15, -0.1) is 5.10 Å². The second kappa shape index (κ2) is 6.22. The van der Waals surface area contributed by atoms with Gasteiger partial charge in [-0.2, -0.15) is 0 Å². The molecule has 1 fully saturated rings. The average Bonchev–Trinajstić information content (AvgIpc) is 3.14. The number of piperidine rings is 1. The number of nitrogens with zero attached hydrogens (tertiary/aromatic N) is 4.